The fraction of sp³-hybridized carbons (Fsp3) is 0.150. The number of nitrogens with zero attached hydrogens (tertiary/aromatic N) is 3. The SMILES string of the molecule is Cc1cccc(N2C(=O)NC(=O)C(=Cc3ccc(N(C)C)c([N+](=O)[O-])c3)C2=O)c1. The van der Waals surface area contributed by atoms with E-state index in [0.29, 0.717) is 16.9 Å². The van der Waals surface area contributed by atoms with Crippen molar-refractivity contribution >= 4 is 41.0 Å². The molecule has 0 aliphatic carbocycles. The van der Waals surface area contributed by atoms with Gasteiger partial charge in [-0.2, -0.15) is 0 Å². The molecule has 2 aromatic carbocycles. The predicted octanol–water partition coefficient (Wildman–Crippen LogP) is 2.64. The first-order valence-corrected chi connectivity index (χ1v) is 8.63. The van der Waals surface area contributed by atoms with Gasteiger partial charge in [-0.05, 0) is 42.3 Å². The summed E-state index contributed by atoms with van der Waals surface area (Å²) >= 11 is 0. The lowest BCUT2D eigenvalue weighted by Gasteiger charge is -2.26. The van der Waals surface area contributed by atoms with Crippen LogP contribution in [0.15, 0.2) is 48.0 Å². The molecule has 1 saturated heterocycles. The monoisotopic (exact) mass is 394 g/mol. The summed E-state index contributed by atoms with van der Waals surface area (Å²) in [7, 11) is 3.34. The van der Waals surface area contributed by atoms with E-state index in [9.17, 15) is 24.5 Å². The quantitative estimate of drug-likeness (QED) is 0.369. The van der Waals surface area contributed by atoms with Gasteiger partial charge in [0.15, 0.2) is 0 Å². The molecule has 0 unspecified atom stereocenters. The smallest absolute Gasteiger partial charge is 0.335 e. The molecule has 1 aliphatic heterocycles. The normalized spacial score (nSPS) is 15.5. The molecule has 3 rings (SSSR count). The van der Waals surface area contributed by atoms with E-state index in [1.54, 1.807) is 43.3 Å². The number of urea groups is 1. The fourth-order valence-electron chi connectivity index (χ4n) is 2.98. The van der Waals surface area contributed by atoms with E-state index in [1.165, 1.54) is 18.2 Å². The molecule has 29 heavy (non-hydrogen) atoms. The Morgan fingerprint density at radius 2 is 1.83 bits per heavy atom. The number of anilines is 2. The minimum atomic E-state index is -0.858. The Morgan fingerprint density at radius 3 is 2.45 bits per heavy atom. The van der Waals surface area contributed by atoms with Gasteiger partial charge in [0.1, 0.15) is 11.3 Å². The predicted molar refractivity (Wildman–Crippen MR) is 108 cm³/mol. The minimum Gasteiger partial charge on any atom is -0.372 e. The van der Waals surface area contributed by atoms with Gasteiger partial charge in [0.25, 0.3) is 17.5 Å². The van der Waals surface area contributed by atoms with Crippen molar-refractivity contribution in [2.75, 3.05) is 23.9 Å². The van der Waals surface area contributed by atoms with Crippen molar-refractivity contribution in [1.82, 2.24) is 5.32 Å². The third-order valence-corrected chi connectivity index (χ3v) is 4.35. The number of rotatable bonds is 4. The van der Waals surface area contributed by atoms with Crippen LogP contribution in [-0.4, -0.2) is 36.9 Å². The van der Waals surface area contributed by atoms with Crippen LogP contribution < -0.4 is 15.1 Å². The second-order valence-electron chi connectivity index (χ2n) is 6.70. The number of nitro benzene ring substituents is 1. The van der Waals surface area contributed by atoms with Crippen molar-refractivity contribution < 1.29 is 19.3 Å². The van der Waals surface area contributed by atoms with Gasteiger partial charge in [-0.3, -0.25) is 25.0 Å². The van der Waals surface area contributed by atoms with Crippen LogP contribution in [0.1, 0.15) is 11.1 Å². The molecule has 0 saturated carbocycles. The summed E-state index contributed by atoms with van der Waals surface area (Å²) in [5.74, 6) is -1.66. The van der Waals surface area contributed by atoms with E-state index < -0.39 is 22.8 Å². The number of imide groups is 2. The van der Waals surface area contributed by atoms with E-state index in [1.807, 2.05) is 13.0 Å². The van der Waals surface area contributed by atoms with Crippen molar-refractivity contribution in [3.05, 3.63) is 69.3 Å². The highest BCUT2D eigenvalue weighted by atomic mass is 16.6. The van der Waals surface area contributed by atoms with Crippen molar-refractivity contribution in [2.24, 2.45) is 0 Å². The number of benzene rings is 2. The second kappa shape index (κ2) is 7.55. The van der Waals surface area contributed by atoms with Crippen LogP contribution in [0.2, 0.25) is 0 Å². The Hall–Kier alpha value is -4.01. The summed E-state index contributed by atoms with van der Waals surface area (Å²) in [5, 5.41) is 13.5. The number of aryl methyl sites for hydroxylation is 1. The molecule has 1 heterocycles. The number of carbonyl (C=O) groups excluding carboxylic acids is 3. The van der Waals surface area contributed by atoms with Crippen LogP contribution >= 0.6 is 0 Å². The maximum atomic E-state index is 12.9. The Balaban J connectivity index is 2.05. The van der Waals surface area contributed by atoms with Gasteiger partial charge >= 0.3 is 6.03 Å². The van der Waals surface area contributed by atoms with Crippen molar-refractivity contribution in [2.45, 2.75) is 6.92 Å². The number of barbiturate groups is 1. The van der Waals surface area contributed by atoms with Gasteiger partial charge in [0.05, 0.1) is 10.6 Å². The zero-order chi connectivity index (χ0) is 21.3. The summed E-state index contributed by atoms with van der Waals surface area (Å²) in [6, 6.07) is 10.2. The molecule has 0 aromatic heterocycles. The van der Waals surface area contributed by atoms with E-state index in [-0.39, 0.29) is 11.3 Å². The Kier molecular flexibility index (Phi) is 5.14. The maximum Gasteiger partial charge on any atom is 0.335 e. The molecular weight excluding hydrogens is 376 g/mol. The first kappa shape index (κ1) is 19.7. The Labute approximate surface area is 166 Å². The number of carbonyl (C=O) groups is 3. The third kappa shape index (κ3) is 3.84. The third-order valence-electron chi connectivity index (χ3n) is 4.35. The molecule has 0 spiro atoms. The molecule has 0 radical (unpaired) electrons. The highest BCUT2D eigenvalue weighted by molar-refractivity contribution is 6.39. The molecule has 148 valence electrons. The lowest BCUT2D eigenvalue weighted by Crippen LogP contribution is -2.54. The van der Waals surface area contributed by atoms with Crippen molar-refractivity contribution in [3.8, 4) is 0 Å². The van der Waals surface area contributed by atoms with E-state index in [2.05, 4.69) is 5.32 Å². The second-order valence-corrected chi connectivity index (χ2v) is 6.70. The maximum absolute atomic E-state index is 12.9. The van der Waals surface area contributed by atoms with Gasteiger partial charge in [0, 0.05) is 20.2 Å². The summed E-state index contributed by atoms with van der Waals surface area (Å²) in [6.07, 6.45) is 1.24. The molecule has 9 nitrogen and oxygen atoms in total. The topological polar surface area (TPSA) is 113 Å². The standard InChI is InChI=1S/C20H18N4O5/c1-12-5-4-6-14(9-12)23-19(26)15(18(25)21-20(23)27)10-13-7-8-16(22(2)3)17(11-13)24(28)29/h4-11H,1-3H3,(H,21,25,27). The molecular formula is C20H18N4O5. The lowest BCUT2D eigenvalue weighted by molar-refractivity contribution is -0.384. The highest BCUT2D eigenvalue weighted by Crippen LogP contribution is 2.29. The zero-order valence-corrected chi connectivity index (χ0v) is 16.0. The molecule has 0 atom stereocenters. The number of nitrogens with one attached hydrogen (secondary N) is 1. The first-order valence-electron chi connectivity index (χ1n) is 8.63. The number of nitro groups is 1. The highest BCUT2D eigenvalue weighted by Gasteiger charge is 2.36. The molecule has 1 N–H and O–H groups in total. The summed E-state index contributed by atoms with van der Waals surface area (Å²) in [6.45, 7) is 1.81. The average molecular weight is 394 g/mol. The van der Waals surface area contributed by atoms with E-state index in [4.69, 9.17) is 0 Å². The lowest BCUT2D eigenvalue weighted by atomic mass is 10.1. The Bertz CT molecular complexity index is 1070. The summed E-state index contributed by atoms with van der Waals surface area (Å²) in [4.78, 5) is 50.7. The van der Waals surface area contributed by atoms with Gasteiger partial charge in [-0.1, -0.05) is 18.2 Å². The first-order chi connectivity index (χ1) is 13.7. The summed E-state index contributed by atoms with van der Waals surface area (Å²) in [5.41, 5.74) is 1.37. The van der Waals surface area contributed by atoms with Gasteiger partial charge < -0.3 is 4.90 Å². The van der Waals surface area contributed by atoms with Crippen molar-refractivity contribution in [1.29, 1.82) is 0 Å². The van der Waals surface area contributed by atoms with Crippen LogP contribution in [-0.2, 0) is 9.59 Å². The molecule has 1 fully saturated rings. The van der Waals surface area contributed by atoms with Crippen LogP contribution in [0, 0.1) is 17.0 Å². The fourth-order valence-corrected chi connectivity index (χ4v) is 2.98. The Morgan fingerprint density at radius 1 is 1.10 bits per heavy atom. The van der Waals surface area contributed by atoms with Gasteiger partial charge in [-0.25, -0.2) is 9.69 Å². The number of amides is 4. The minimum absolute atomic E-state index is 0.167. The van der Waals surface area contributed by atoms with Gasteiger partial charge in [0.2, 0.25) is 0 Å². The molecule has 0 bridgehead atoms. The van der Waals surface area contributed by atoms with Gasteiger partial charge in [-0.15, -0.1) is 0 Å². The molecule has 9 heteroatoms. The molecule has 4 amide bonds. The van der Waals surface area contributed by atoms with Crippen LogP contribution in [0.4, 0.5) is 21.9 Å². The van der Waals surface area contributed by atoms with E-state index in [0.717, 1.165) is 10.5 Å². The largest absolute Gasteiger partial charge is 0.372 e. The number of hydrogen-bond acceptors (Lipinski definition) is 6. The van der Waals surface area contributed by atoms with E-state index >= 15 is 0 Å². The van der Waals surface area contributed by atoms with Crippen LogP contribution in [0.3, 0.4) is 0 Å². The number of hydrogen-bond donors (Lipinski definition) is 1. The molecule has 2 aromatic rings. The molecule has 1 aliphatic rings. The van der Waals surface area contributed by atoms with Crippen molar-refractivity contribution in [3.63, 3.8) is 0 Å². The summed E-state index contributed by atoms with van der Waals surface area (Å²) < 4.78 is 0. The average Bonchev–Trinajstić information content (AvgIpc) is 2.64. The van der Waals surface area contributed by atoms with Crippen LogP contribution in [0.5, 0.6) is 0 Å². The zero-order valence-electron chi connectivity index (χ0n) is 16.0. The van der Waals surface area contributed by atoms with Crippen LogP contribution in [0.25, 0.3) is 6.08 Å².